The Bertz CT molecular complexity index is 912. The number of nitrogens with one attached hydrogen (secondary N) is 2. The molecule has 1 aromatic carbocycles. The smallest absolute Gasteiger partial charge is 0.404 e. The number of urea groups is 1. The number of hydrogen-bond acceptors (Lipinski definition) is 6. The van der Waals surface area contributed by atoms with Gasteiger partial charge in [0.1, 0.15) is 10.6 Å². The largest absolute Gasteiger partial charge is 0.573 e. The minimum atomic E-state index is -5.10. The van der Waals surface area contributed by atoms with Gasteiger partial charge in [-0.2, -0.15) is 0 Å². The quantitative estimate of drug-likeness (QED) is 0.830. The molecule has 2 N–H and O–H groups in total. The average molecular weight is 390 g/mol. The number of aryl methyl sites for hydroxylation is 2. The highest BCUT2D eigenvalue weighted by Gasteiger charge is 2.34. The molecule has 2 amide bonds. The Morgan fingerprint density at radius 3 is 2.27 bits per heavy atom. The number of sulfonamides is 1. The van der Waals surface area contributed by atoms with Crippen LogP contribution in [0.3, 0.4) is 0 Å². The van der Waals surface area contributed by atoms with Crippen LogP contribution in [0, 0.1) is 13.8 Å². The number of alkyl halides is 3. The highest BCUT2D eigenvalue weighted by molar-refractivity contribution is 7.90. The van der Waals surface area contributed by atoms with E-state index in [0.717, 1.165) is 18.2 Å². The Kier molecular flexibility index (Phi) is 5.35. The van der Waals surface area contributed by atoms with Crippen molar-refractivity contribution in [3.05, 3.63) is 41.7 Å². The molecule has 0 bridgehead atoms. The Morgan fingerprint density at radius 1 is 1.12 bits per heavy atom. The lowest BCUT2D eigenvalue weighted by Gasteiger charge is -2.14. The highest BCUT2D eigenvalue weighted by atomic mass is 32.2. The first-order chi connectivity index (χ1) is 12.0. The molecular formula is C14H13F3N4O4S. The molecule has 0 aliphatic heterocycles. The molecule has 2 aromatic rings. The molecule has 2 rings (SSSR count). The van der Waals surface area contributed by atoms with Crippen LogP contribution in [0.2, 0.25) is 0 Å². The van der Waals surface area contributed by atoms with Crippen LogP contribution >= 0.6 is 0 Å². The van der Waals surface area contributed by atoms with E-state index in [-0.39, 0.29) is 5.95 Å². The Morgan fingerprint density at radius 2 is 1.69 bits per heavy atom. The molecule has 0 atom stereocenters. The number of ether oxygens (including phenoxy) is 1. The summed E-state index contributed by atoms with van der Waals surface area (Å²) in [6, 6.07) is 4.41. The van der Waals surface area contributed by atoms with E-state index in [1.54, 1.807) is 24.6 Å². The Hall–Kier alpha value is -2.89. The minimum absolute atomic E-state index is 0.157. The molecule has 0 unspecified atom stereocenters. The maximum Gasteiger partial charge on any atom is 0.573 e. The van der Waals surface area contributed by atoms with Crippen LogP contribution in [0.5, 0.6) is 5.75 Å². The summed E-state index contributed by atoms with van der Waals surface area (Å²) in [6.45, 7) is 3.28. The van der Waals surface area contributed by atoms with Crippen LogP contribution in [0.1, 0.15) is 11.4 Å². The summed E-state index contributed by atoms with van der Waals surface area (Å²) >= 11 is 0. The fourth-order valence-corrected chi connectivity index (χ4v) is 3.00. The van der Waals surface area contributed by atoms with E-state index in [1.807, 2.05) is 0 Å². The molecule has 0 aliphatic carbocycles. The standard InChI is InChI=1S/C14H13F3N4O4S/c1-8-7-9(2)19-12(18-8)20-13(22)21-26(23,24)11-6-4-3-5-10(11)25-14(15,16)17/h3-7H,1-2H3,(H2,18,19,20,21,22). The number of amides is 2. The zero-order valence-electron chi connectivity index (χ0n) is 13.5. The predicted molar refractivity (Wildman–Crippen MR) is 84.0 cm³/mol. The van der Waals surface area contributed by atoms with Gasteiger partial charge < -0.3 is 4.74 Å². The van der Waals surface area contributed by atoms with Crippen LogP contribution in [0.4, 0.5) is 23.9 Å². The van der Waals surface area contributed by atoms with Crippen LogP contribution < -0.4 is 14.8 Å². The number of aromatic nitrogens is 2. The first kappa shape index (κ1) is 19.4. The molecular weight excluding hydrogens is 377 g/mol. The first-order valence-corrected chi connectivity index (χ1v) is 8.45. The van der Waals surface area contributed by atoms with Gasteiger partial charge in [0.15, 0.2) is 0 Å². The van der Waals surface area contributed by atoms with Gasteiger partial charge in [0, 0.05) is 11.4 Å². The molecule has 12 heteroatoms. The lowest BCUT2D eigenvalue weighted by molar-refractivity contribution is -0.275. The van der Waals surface area contributed by atoms with Crippen LogP contribution in [-0.2, 0) is 10.0 Å². The van der Waals surface area contributed by atoms with E-state index in [2.05, 4.69) is 20.0 Å². The molecule has 0 spiro atoms. The van der Waals surface area contributed by atoms with E-state index >= 15 is 0 Å². The highest BCUT2D eigenvalue weighted by Crippen LogP contribution is 2.29. The van der Waals surface area contributed by atoms with Crippen molar-refractivity contribution in [3.63, 3.8) is 0 Å². The van der Waals surface area contributed by atoms with E-state index in [9.17, 15) is 26.4 Å². The molecule has 26 heavy (non-hydrogen) atoms. The molecule has 8 nitrogen and oxygen atoms in total. The first-order valence-electron chi connectivity index (χ1n) is 6.97. The second-order valence-corrected chi connectivity index (χ2v) is 6.68. The molecule has 1 aromatic heterocycles. The molecule has 0 radical (unpaired) electrons. The van der Waals surface area contributed by atoms with Gasteiger partial charge in [-0.1, -0.05) is 12.1 Å². The number of nitrogens with zero attached hydrogens (tertiary/aromatic N) is 2. The van der Waals surface area contributed by atoms with Crippen LogP contribution in [0.25, 0.3) is 0 Å². The van der Waals surface area contributed by atoms with Gasteiger partial charge in [-0.3, -0.25) is 5.32 Å². The third-order valence-electron chi connectivity index (χ3n) is 2.80. The summed E-state index contributed by atoms with van der Waals surface area (Å²) in [7, 11) is -4.65. The minimum Gasteiger partial charge on any atom is -0.404 e. The van der Waals surface area contributed by atoms with Crippen molar-refractivity contribution in [2.45, 2.75) is 25.1 Å². The van der Waals surface area contributed by atoms with Crippen molar-refractivity contribution in [1.82, 2.24) is 14.7 Å². The van der Waals surface area contributed by atoms with Gasteiger partial charge in [0.25, 0.3) is 10.0 Å². The van der Waals surface area contributed by atoms with E-state index < -0.39 is 33.1 Å². The summed E-state index contributed by atoms with van der Waals surface area (Å²) in [4.78, 5) is 18.8. The second kappa shape index (κ2) is 7.15. The Balaban J connectivity index is 2.22. The lowest BCUT2D eigenvalue weighted by atomic mass is 10.3. The number of carbonyl (C=O) groups is 1. The number of hydrogen-bond donors (Lipinski definition) is 2. The van der Waals surface area contributed by atoms with Gasteiger partial charge in [0.2, 0.25) is 5.95 Å². The number of carbonyl (C=O) groups excluding carboxylic acids is 1. The van der Waals surface area contributed by atoms with Gasteiger partial charge in [-0.05, 0) is 32.0 Å². The number of para-hydroxylation sites is 1. The van der Waals surface area contributed by atoms with E-state index in [4.69, 9.17) is 0 Å². The molecule has 1 heterocycles. The summed E-state index contributed by atoms with van der Waals surface area (Å²) in [5.41, 5.74) is 1.05. The van der Waals surface area contributed by atoms with Crippen LogP contribution in [0.15, 0.2) is 35.2 Å². The molecule has 140 valence electrons. The maximum atomic E-state index is 12.4. The van der Waals surface area contributed by atoms with Crippen molar-refractivity contribution in [1.29, 1.82) is 0 Å². The topological polar surface area (TPSA) is 110 Å². The number of benzene rings is 1. The van der Waals surface area contributed by atoms with Gasteiger partial charge in [-0.25, -0.2) is 27.9 Å². The monoisotopic (exact) mass is 390 g/mol. The van der Waals surface area contributed by atoms with Gasteiger partial charge in [-0.15, -0.1) is 13.2 Å². The van der Waals surface area contributed by atoms with Gasteiger partial charge >= 0.3 is 12.4 Å². The van der Waals surface area contributed by atoms with Crippen molar-refractivity contribution < 1.29 is 31.1 Å². The summed E-state index contributed by atoms with van der Waals surface area (Å²) in [6.07, 6.45) is -5.10. The van der Waals surface area contributed by atoms with Crippen LogP contribution in [-0.4, -0.2) is 30.8 Å². The molecule has 0 saturated heterocycles. The summed E-state index contributed by atoms with van der Waals surface area (Å²) < 4.78 is 66.9. The second-order valence-electron chi connectivity index (χ2n) is 5.03. The zero-order chi connectivity index (χ0) is 19.5. The molecule has 0 aliphatic rings. The fraction of sp³-hybridized carbons (Fsp3) is 0.214. The zero-order valence-corrected chi connectivity index (χ0v) is 14.3. The van der Waals surface area contributed by atoms with E-state index in [0.29, 0.717) is 11.4 Å². The maximum absolute atomic E-state index is 12.4. The number of rotatable bonds is 4. The van der Waals surface area contributed by atoms with E-state index in [1.165, 1.54) is 6.07 Å². The summed E-state index contributed by atoms with van der Waals surface area (Å²) in [5.74, 6) is -1.13. The van der Waals surface area contributed by atoms with Gasteiger partial charge in [0.05, 0.1) is 0 Å². The summed E-state index contributed by atoms with van der Waals surface area (Å²) in [5, 5.41) is 2.10. The predicted octanol–water partition coefficient (Wildman–Crippen LogP) is 2.50. The third kappa shape index (κ3) is 5.31. The normalized spacial score (nSPS) is 11.7. The SMILES string of the molecule is Cc1cc(C)nc(NC(=O)NS(=O)(=O)c2ccccc2OC(F)(F)F)n1. The fourth-order valence-electron chi connectivity index (χ4n) is 1.97. The average Bonchev–Trinajstić information content (AvgIpc) is 2.43. The third-order valence-corrected chi connectivity index (χ3v) is 4.17. The van der Waals surface area contributed by atoms with Crippen molar-refractivity contribution in [3.8, 4) is 5.75 Å². The van der Waals surface area contributed by atoms with Crippen molar-refractivity contribution in [2.75, 3.05) is 5.32 Å². The Labute approximate surface area is 146 Å². The van der Waals surface area contributed by atoms with Crippen molar-refractivity contribution in [2.24, 2.45) is 0 Å². The number of halogens is 3. The lowest BCUT2D eigenvalue weighted by Crippen LogP contribution is -2.35. The molecule has 0 fully saturated rings. The molecule has 0 saturated carbocycles. The number of anilines is 1. The van der Waals surface area contributed by atoms with Crippen molar-refractivity contribution >= 4 is 22.0 Å².